The van der Waals surface area contributed by atoms with Crippen LogP contribution in [0, 0.1) is 13.8 Å². The Balaban J connectivity index is 1.83. The first-order valence-corrected chi connectivity index (χ1v) is 7.51. The van der Waals surface area contributed by atoms with E-state index >= 15 is 0 Å². The molecule has 0 atom stereocenters. The average Bonchev–Trinajstić information content (AvgIpc) is 2.64. The lowest BCUT2D eigenvalue weighted by atomic mass is 10.2. The van der Waals surface area contributed by atoms with Crippen LogP contribution in [0.5, 0.6) is 0 Å². The molecule has 1 aliphatic rings. The maximum absolute atomic E-state index is 6.10. The van der Waals surface area contributed by atoms with Gasteiger partial charge in [0, 0.05) is 13.1 Å². The Hall–Kier alpha value is -0.870. The highest BCUT2D eigenvalue weighted by atomic mass is 35.5. The number of likely N-dealkylation sites (tertiary alicyclic amines) is 1. The highest BCUT2D eigenvalue weighted by Crippen LogP contribution is 2.18. The van der Waals surface area contributed by atoms with E-state index in [0.717, 1.165) is 24.5 Å². The van der Waals surface area contributed by atoms with Crippen molar-refractivity contribution in [3.63, 3.8) is 0 Å². The molecule has 1 N–H and O–H groups in total. The van der Waals surface area contributed by atoms with Gasteiger partial charge in [0.2, 0.25) is 0 Å². The van der Waals surface area contributed by atoms with E-state index in [0.29, 0.717) is 11.0 Å². The van der Waals surface area contributed by atoms with Gasteiger partial charge in [0.15, 0.2) is 11.0 Å². The van der Waals surface area contributed by atoms with Gasteiger partial charge in [-0.2, -0.15) is 0 Å². The molecular formula is C14H23ClN4. The molecule has 0 spiro atoms. The fourth-order valence-corrected chi connectivity index (χ4v) is 2.62. The number of rotatable bonds is 4. The molecule has 1 fully saturated rings. The minimum absolute atomic E-state index is 0.471. The van der Waals surface area contributed by atoms with E-state index in [-0.39, 0.29) is 0 Å². The normalized spacial score (nSPS) is 17.2. The summed E-state index contributed by atoms with van der Waals surface area (Å²) in [5.74, 6) is 0.708. The van der Waals surface area contributed by atoms with Crippen LogP contribution in [0.2, 0.25) is 5.15 Å². The van der Waals surface area contributed by atoms with Crippen molar-refractivity contribution in [2.24, 2.45) is 0 Å². The van der Waals surface area contributed by atoms with Gasteiger partial charge in [0.1, 0.15) is 0 Å². The first-order chi connectivity index (χ1) is 9.16. The SMILES string of the molecule is Cc1nc(Cl)c(NCCN2CCCCCC2)nc1C. The fourth-order valence-electron chi connectivity index (χ4n) is 2.38. The third-order valence-corrected chi connectivity index (χ3v) is 3.95. The fraction of sp³-hybridized carbons (Fsp3) is 0.714. The molecule has 0 radical (unpaired) electrons. The molecule has 5 heteroatoms. The van der Waals surface area contributed by atoms with E-state index < -0.39 is 0 Å². The summed E-state index contributed by atoms with van der Waals surface area (Å²) in [5.41, 5.74) is 1.82. The largest absolute Gasteiger partial charge is 0.366 e. The molecule has 0 amide bonds. The average molecular weight is 283 g/mol. The lowest BCUT2D eigenvalue weighted by Gasteiger charge is -2.20. The molecule has 0 aromatic carbocycles. The maximum Gasteiger partial charge on any atom is 0.171 e. The quantitative estimate of drug-likeness (QED) is 0.922. The zero-order chi connectivity index (χ0) is 13.7. The Kier molecular flexibility index (Phi) is 5.40. The summed E-state index contributed by atoms with van der Waals surface area (Å²) in [6.45, 7) is 8.23. The predicted molar refractivity (Wildman–Crippen MR) is 79.9 cm³/mol. The van der Waals surface area contributed by atoms with Gasteiger partial charge in [-0.05, 0) is 39.8 Å². The zero-order valence-electron chi connectivity index (χ0n) is 11.9. The number of halogens is 1. The second kappa shape index (κ2) is 7.06. The summed E-state index contributed by atoms with van der Waals surface area (Å²) in [5, 5.41) is 3.77. The van der Waals surface area contributed by atoms with Crippen molar-refractivity contribution in [2.75, 3.05) is 31.5 Å². The van der Waals surface area contributed by atoms with Crippen LogP contribution in [0.25, 0.3) is 0 Å². The van der Waals surface area contributed by atoms with Gasteiger partial charge < -0.3 is 10.2 Å². The number of nitrogens with zero attached hydrogens (tertiary/aromatic N) is 3. The van der Waals surface area contributed by atoms with Gasteiger partial charge in [-0.15, -0.1) is 0 Å². The maximum atomic E-state index is 6.10. The third kappa shape index (κ3) is 4.32. The van der Waals surface area contributed by atoms with Crippen molar-refractivity contribution in [3.05, 3.63) is 16.5 Å². The van der Waals surface area contributed by atoms with Gasteiger partial charge in [-0.3, -0.25) is 0 Å². The number of hydrogen-bond acceptors (Lipinski definition) is 4. The molecule has 0 unspecified atom stereocenters. The van der Waals surface area contributed by atoms with E-state index in [1.54, 1.807) is 0 Å². The van der Waals surface area contributed by atoms with Crippen LogP contribution in [-0.4, -0.2) is 41.0 Å². The molecule has 1 aromatic heterocycles. The minimum atomic E-state index is 0.471. The van der Waals surface area contributed by atoms with Gasteiger partial charge in [0.25, 0.3) is 0 Å². The number of nitrogens with one attached hydrogen (secondary N) is 1. The highest BCUT2D eigenvalue weighted by molar-refractivity contribution is 6.31. The first kappa shape index (κ1) is 14.5. The van der Waals surface area contributed by atoms with Gasteiger partial charge in [-0.1, -0.05) is 24.4 Å². The second-order valence-corrected chi connectivity index (χ2v) is 5.57. The van der Waals surface area contributed by atoms with Crippen LogP contribution in [0.3, 0.4) is 0 Å². The van der Waals surface area contributed by atoms with E-state index in [9.17, 15) is 0 Å². The van der Waals surface area contributed by atoms with Crippen molar-refractivity contribution >= 4 is 17.4 Å². The first-order valence-electron chi connectivity index (χ1n) is 7.14. The van der Waals surface area contributed by atoms with E-state index in [2.05, 4.69) is 20.2 Å². The summed E-state index contributed by atoms with van der Waals surface area (Å²) in [4.78, 5) is 11.2. The molecule has 19 heavy (non-hydrogen) atoms. The van der Waals surface area contributed by atoms with Crippen LogP contribution in [0.15, 0.2) is 0 Å². The van der Waals surface area contributed by atoms with Crippen molar-refractivity contribution in [1.82, 2.24) is 14.9 Å². The Morgan fingerprint density at radius 2 is 1.68 bits per heavy atom. The molecule has 1 saturated heterocycles. The van der Waals surface area contributed by atoms with Crippen molar-refractivity contribution in [2.45, 2.75) is 39.5 Å². The molecule has 4 nitrogen and oxygen atoms in total. The van der Waals surface area contributed by atoms with Crippen molar-refractivity contribution < 1.29 is 0 Å². The smallest absolute Gasteiger partial charge is 0.171 e. The lowest BCUT2D eigenvalue weighted by molar-refractivity contribution is 0.296. The van der Waals surface area contributed by atoms with Crippen LogP contribution in [-0.2, 0) is 0 Å². The van der Waals surface area contributed by atoms with Crippen LogP contribution >= 0.6 is 11.6 Å². The topological polar surface area (TPSA) is 41.1 Å². The predicted octanol–water partition coefficient (Wildman–Crippen LogP) is 3.03. The molecule has 1 aromatic rings. The zero-order valence-corrected chi connectivity index (χ0v) is 12.6. The molecule has 1 aliphatic heterocycles. The number of hydrogen-bond donors (Lipinski definition) is 1. The van der Waals surface area contributed by atoms with Crippen molar-refractivity contribution in [3.8, 4) is 0 Å². The Labute approximate surface area is 120 Å². The summed E-state index contributed by atoms with van der Waals surface area (Å²) in [7, 11) is 0. The molecular weight excluding hydrogens is 260 g/mol. The monoisotopic (exact) mass is 282 g/mol. The van der Waals surface area contributed by atoms with Crippen LogP contribution in [0.1, 0.15) is 37.1 Å². The summed E-state index contributed by atoms with van der Waals surface area (Å²) >= 11 is 6.10. The van der Waals surface area contributed by atoms with Crippen LogP contribution < -0.4 is 5.32 Å². The Morgan fingerprint density at radius 3 is 2.37 bits per heavy atom. The molecule has 0 aliphatic carbocycles. The molecule has 0 bridgehead atoms. The number of aryl methyl sites for hydroxylation is 2. The Morgan fingerprint density at radius 1 is 1.05 bits per heavy atom. The van der Waals surface area contributed by atoms with Crippen LogP contribution in [0.4, 0.5) is 5.82 Å². The number of anilines is 1. The van der Waals surface area contributed by atoms with Gasteiger partial charge in [-0.25, -0.2) is 9.97 Å². The molecule has 0 saturated carbocycles. The highest BCUT2D eigenvalue weighted by Gasteiger charge is 2.10. The molecule has 106 valence electrons. The molecule has 2 rings (SSSR count). The van der Waals surface area contributed by atoms with E-state index in [1.165, 1.54) is 38.8 Å². The standard InChI is InChI=1S/C14H23ClN4/c1-11-12(2)18-14(13(15)17-11)16-7-10-19-8-5-3-4-6-9-19/h3-10H2,1-2H3,(H,16,18). The Bertz CT molecular complexity index is 414. The van der Waals surface area contributed by atoms with E-state index in [4.69, 9.17) is 11.6 Å². The second-order valence-electron chi connectivity index (χ2n) is 5.22. The van der Waals surface area contributed by atoms with Crippen molar-refractivity contribution in [1.29, 1.82) is 0 Å². The summed E-state index contributed by atoms with van der Waals surface area (Å²) in [6.07, 6.45) is 5.39. The minimum Gasteiger partial charge on any atom is -0.366 e. The van der Waals surface area contributed by atoms with E-state index in [1.807, 2.05) is 13.8 Å². The number of aromatic nitrogens is 2. The van der Waals surface area contributed by atoms with Gasteiger partial charge >= 0.3 is 0 Å². The third-order valence-electron chi connectivity index (χ3n) is 3.68. The summed E-state index contributed by atoms with van der Waals surface area (Å²) < 4.78 is 0. The lowest BCUT2D eigenvalue weighted by Crippen LogP contribution is -2.30. The molecule has 2 heterocycles. The van der Waals surface area contributed by atoms with Gasteiger partial charge in [0.05, 0.1) is 11.4 Å². The summed E-state index contributed by atoms with van der Waals surface area (Å²) in [6, 6.07) is 0.